The number of aryl methyl sites for hydroxylation is 2. The summed E-state index contributed by atoms with van der Waals surface area (Å²) >= 11 is 0. The fourth-order valence-corrected chi connectivity index (χ4v) is 3.02. The molecule has 0 radical (unpaired) electrons. The highest BCUT2D eigenvalue weighted by molar-refractivity contribution is 5.74. The summed E-state index contributed by atoms with van der Waals surface area (Å²) in [6.45, 7) is 2.27. The van der Waals surface area contributed by atoms with Crippen molar-refractivity contribution in [1.82, 2.24) is 20.4 Å². The molecule has 0 saturated carbocycles. The summed E-state index contributed by atoms with van der Waals surface area (Å²) in [6.07, 6.45) is 3.50. The van der Waals surface area contributed by atoms with E-state index in [1.807, 2.05) is 11.9 Å². The van der Waals surface area contributed by atoms with Crippen molar-refractivity contribution in [2.45, 2.75) is 38.6 Å². The highest BCUT2D eigenvalue weighted by Gasteiger charge is 2.24. The molecule has 1 aliphatic rings. The minimum atomic E-state index is -0.0504. The van der Waals surface area contributed by atoms with Crippen molar-refractivity contribution in [3.63, 3.8) is 0 Å². The maximum absolute atomic E-state index is 12.3. The lowest BCUT2D eigenvalue weighted by Gasteiger charge is -2.32. The number of hydrogen-bond donors (Lipinski definition) is 1. The van der Waals surface area contributed by atoms with E-state index >= 15 is 0 Å². The summed E-state index contributed by atoms with van der Waals surface area (Å²) < 4.78 is 5.04. The van der Waals surface area contributed by atoms with Crippen LogP contribution >= 0.6 is 0 Å². The lowest BCUT2D eigenvalue weighted by Crippen LogP contribution is -2.46. The van der Waals surface area contributed by atoms with Crippen LogP contribution in [-0.2, 0) is 19.3 Å². The molecule has 1 atom stereocenters. The number of amides is 2. The lowest BCUT2D eigenvalue weighted by atomic mass is 9.88. The Morgan fingerprint density at radius 1 is 1.39 bits per heavy atom. The minimum absolute atomic E-state index is 0.0504. The lowest BCUT2D eigenvalue weighted by molar-refractivity contribution is 0.184. The molecule has 1 aromatic carbocycles. The van der Waals surface area contributed by atoms with E-state index in [9.17, 15) is 4.79 Å². The first-order valence-corrected chi connectivity index (χ1v) is 8.00. The number of carbonyl (C=O) groups is 1. The molecule has 23 heavy (non-hydrogen) atoms. The highest BCUT2D eigenvalue weighted by Crippen LogP contribution is 2.23. The van der Waals surface area contributed by atoms with Crippen LogP contribution in [0.5, 0.6) is 0 Å². The van der Waals surface area contributed by atoms with Crippen LogP contribution in [0.3, 0.4) is 0 Å². The Morgan fingerprint density at radius 2 is 2.17 bits per heavy atom. The number of nitrogens with zero attached hydrogens (tertiary/aromatic N) is 3. The zero-order chi connectivity index (χ0) is 16.2. The first-order chi connectivity index (χ1) is 11.1. The second kappa shape index (κ2) is 6.81. The van der Waals surface area contributed by atoms with Crippen molar-refractivity contribution >= 4 is 6.03 Å². The number of hydrogen-bond acceptors (Lipinski definition) is 4. The number of carbonyl (C=O) groups excluding carboxylic acids is 1. The predicted octanol–water partition coefficient (Wildman–Crippen LogP) is 2.12. The van der Waals surface area contributed by atoms with Crippen LogP contribution in [0.4, 0.5) is 4.79 Å². The third-order valence-electron chi connectivity index (χ3n) is 4.37. The van der Waals surface area contributed by atoms with Crippen molar-refractivity contribution in [1.29, 1.82) is 0 Å². The van der Waals surface area contributed by atoms with E-state index < -0.39 is 0 Å². The third-order valence-corrected chi connectivity index (χ3v) is 4.37. The molecule has 2 amide bonds. The molecule has 1 heterocycles. The molecule has 0 fully saturated rings. The first kappa shape index (κ1) is 15.5. The maximum atomic E-state index is 12.3. The van der Waals surface area contributed by atoms with Crippen LogP contribution < -0.4 is 5.32 Å². The molecule has 0 saturated heterocycles. The van der Waals surface area contributed by atoms with E-state index in [0.29, 0.717) is 24.7 Å². The van der Waals surface area contributed by atoms with E-state index in [1.165, 1.54) is 11.1 Å². The quantitative estimate of drug-likeness (QED) is 0.938. The Hall–Kier alpha value is -2.37. The molecule has 1 aromatic heterocycles. The van der Waals surface area contributed by atoms with Crippen LogP contribution in [-0.4, -0.2) is 40.7 Å². The number of likely N-dealkylation sites (N-methyl/N-ethyl adjacent to an activating group) is 1. The molecular formula is C17H22N4O2. The molecule has 0 spiro atoms. The van der Waals surface area contributed by atoms with Crippen molar-refractivity contribution in [2.24, 2.45) is 0 Å². The van der Waals surface area contributed by atoms with Crippen molar-refractivity contribution in [3.8, 4) is 0 Å². The average Bonchev–Trinajstić information content (AvgIpc) is 2.99. The fraction of sp³-hybridized carbons (Fsp3) is 0.471. The summed E-state index contributed by atoms with van der Waals surface area (Å²) in [4.78, 5) is 18.2. The van der Waals surface area contributed by atoms with E-state index in [1.54, 1.807) is 6.92 Å². The number of nitrogens with one attached hydrogen (secondary N) is 1. The molecule has 6 heteroatoms. The Morgan fingerprint density at radius 3 is 2.91 bits per heavy atom. The number of aromatic nitrogens is 2. The second-order valence-corrected chi connectivity index (χ2v) is 5.99. The number of urea groups is 1. The van der Waals surface area contributed by atoms with Crippen molar-refractivity contribution in [2.75, 3.05) is 13.6 Å². The average molecular weight is 314 g/mol. The predicted molar refractivity (Wildman–Crippen MR) is 86.2 cm³/mol. The Balaban J connectivity index is 1.50. The molecule has 0 bridgehead atoms. The van der Waals surface area contributed by atoms with Gasteiger partial charge in [0.2, 0.25) is 5.89 Å². The molecule has 1 aliphatic carbocycles. The standard InChI is InChI=1S/C17H22N4O2/c1-12-19-16(23-20-12)9-10-18-17(22)21(2)15-8-7-13-5-3-4-6-14(13)11-15/h3-6,15H,7-11H2,1-2H3,(H,18,22). The van der Waals surface area contributed by atoms with Gasteiger partial charge in [0.15, 0.2) is 5.82 Å². The fourth-order valence-electron chi connectivity index (χ4n) is 3.02. The topological polar surface area (TPSA) is 71.3 Å². The van der Waals surface area contributed by atoms with E-state index in [4.69, 9.17) is 4.52 Å². The minimum Gasteiger partial charge on any atom is -0.339 e. The van der Waals surface area contributed by atoms with E-state index in [0.717, 1.165) is 19.3 Å². The molecule has 0 aliphatic heterocycles. The van der Waals surface area contributed by atoms with Crippen LogP contribution in [0.1, 0.15) is 29.3 Å². The molecule has 122 valence electrons. The van der Waals surface area contributed by atoms with Gasteiger partial charge in [-0.05, 0) is 37.3 Å². The van der Waals surface area contributed by atoms with Gasteiger partial charge in [-0.25, -0.2) is 4.79 Å². The zero-order valence-corrected chi connectivity index (χ0v) is 13.6. The van der Waals surface area contributed by atoms with Gasteiger partial charge in [-0.1, -0.05) is 29.4 Å². The summed E-state index contributed by atoms with van der Waals surface area (Å²) in [7, 11) is 1.87. The normalized spacial score (nSPS) is 16.7. The maximum Gasteiger partial charge on any atom is 0.317 e. The van der Waals surface area contributed by atoms with Gasteiger partial charge in [-0.15, -0.1) is 0 Å². The van der Waals surface area contributed by atoms with Crippen molar-refractivity contribution in [3.05, 3.63) is 47.1 Å². The van der Waals surface area contributed by atoms with Gasteiger partial charge in [0.05, 0.1) is 0 Å². The van der Waals surface area contributed by atoms with Crippen molar-refractivity contribution < 1.29 is 9.32 Å². The van der Waals surface area contributed by atoms with Gasteiger partial charge in [0.25, 0.3) is 0 Å². The first-order valence-electron chi connectivity index (χ1n) is 8.00. The Bertz CT molecular complexity index is 683. The van der Waals surface area contributed by atoms with Crippen LogP contribution in [0.2, 0.25) is 0 Å². The summed E-state index contributed by atoms with van der Waals surface area (Å²) in [5.41, 5.74) is 2.76. The van der Waals surface area contributed by atoms with Crippen LogP contribution in [0.15, 0.2) is 28.8 Å². The van der Waals surface area contributed by atoms with Gasteiger partial charge in [-0.3, -0.25) is 0 Å². The number of benzene rings is 1. The summed E-state index contributed by atoms with van der Waals surface area (Å²) in [6, 6.07) is 8.67. The van der Waals surface area contributed by atoms with Gasteiger partial charge in [-0.2, -0.15) is 4.98 Å². The largest absolute Gasteiger partial charge is 0.339 e. The summed E-state index contributed by atoms with van der Waals surface area (Å²) in [5, 5.41) is 6.66. The third kappa shape index (κ3) is 3.70. The zero-order valence-electron chi connectivity index (χ0n) is 13.6. The molecule has 3 rings (SSSR count). The Kier molecular flexibility index (Phi) is 4.60. The smallest absolute Gasteiger partial charge is 0.317 e. The monoisotopic (exact) mass is 314 g/mol. The van der Waals surface area contributed by atoms with Gasteiger partial charge in [0, 0.05) is 26.1 Å². The molecule has 2 aromatic rings. The second-order valence-electron chi connectivity index (χ2n) is 5.99. The molecule has 6 nitrogen and oxygen atoms in total. The molecule has 1 N–H and O–H groups in total. The van der Waals surface area contributed by atoms with Crippen LogP contribution in [0.25, 0.3) is 0 Å². The Labute approximate surface area is 135 Å². The number of fused-ring (bicyclic) bond motifs is 1. The molecule has 1 unspecified atom stereocenters. The SMILES string of the molecule is Cc1noc(CCNC(=O)N(C)C2CCc3ccccc3C2)n1. The van der Waals surface area contributed by atoms with Gasteiger partial charge < -0.3 is 14.7 Å². The van der Waals surface area contributed by atoms with Gasteiger partial charge in [0.1, 0.15) is 0 Å². The van der Waals surface area contributed by atoms with E-state index in [2.05, 4.69) is 39.7 Å². The number of rotatable bonds is 4. The van der Waals surface area contributed by atoms with Gasteiger partial charge >= 0.3 is 6.03 Å². The van der Waals surface area contributed by atoms with Crippen LogP contribution in [0, 0.1) is 6.92 Å². The van der Waals surface area contributed by atoms with E-state index in [-0.39, 0.29) is 12.1 Å². The highest BCUT2D eigenvalue weighted by atomic mass is 16.5. The summed E-state index contributed by atoms with van der Waals surface area (Å²) in [5.74, 6) is 1.17. The molecular weight excluding hydrogens is 292 g/mol.